The summed E-state index contributed by atoms with van der Waals surface area (Å²) in [5, 5.41) is 10.6. The average Bonchev–Trinajstić information content (AvgIpc) is 3.02. The first-order valence-corrected chi connectivity index (χ1v) is 10.2. The van der Waals surface area contributed by atoms with Crippen LogP contribution in [0, 0.1) is 31.8 Å². The summed E-state index contributed by atoms with van der Waals surface area (Å²) in [6.07, 6.45) is 6.01. The Bertz CT molecular complexity index is 1310. The lowest BCUT2D eigenvalue weighted by Gasteiger charge is -2.25. The van der Waals surface area contributed by atoms with Gasteiger partial charge in [0, 0.05) is 30.1 Å². The van der Waals surface area contributed by atoms with Gasteiger partial charge in [0.2, 0.25) is 0 Å². The zero-order valence-corrected chi connectivity index (χ0v) is 17.9. The van der Waals surface area contributed by atoms with E-state index in [0.717, 1.165) is 11.1 Å². The zero-order valence-electron chi connectivity index (χ0n) is 17.9. The van der Waals surface area contributed by atoms with Crippen molar-refractivity contribution in [3.05, 3.63) is 112 Å². The van der Waals surface area contributed by atoms with Crippen molar-refractivity contribution in [2.24, 2.45) is 7.05 Å². The largest absolute Gasteiger partial charge is 0.485 e. The van der Waals surface area contributed by atoms with Gasteiger partial charge in [0.05, 0.1) is 12.6 Å². The van der Waals surface area contributed by atoms with Gasteiger partial charge in [0.25, 0.3) is 5.70 Å². The Hall–Kier alpha value is -4.02. The van der Waals surface area contributed by atoms with Gasteiger partial charge >= 0.3 is 0 Å². The second-order valence-corrected chi connectivity index (χ2v) is 7.74. The number of benzene rings is 2. The lowest BCUT2D eigenvalue weighted by atomic mass is 9.97. The van der Waals surface area contributed by atoms with Crippen LogP contribution >= 0.6 is 0 Å². The summed E-state index contributed by atoms with van der Waals surface area (Å²) in [6.45, 7) is 11.6. The average molecular weight is 406 g/mol. The molecule has 4 rings (SSSR count). The normalized spacial score (nSPS) is 17.7. The van der Waals surface area contributed by atoms with Crippen molar-refractivity contribution in [1.29, 1.82) is 5.26 Å². The van der Waals surface area contributed by atoms with Crippen LogP contribution in [-0.4, -0.2) is 4.57 Å². The summed E-state index contributed by atoms with van der Waals surface area (Å²) in [6, 6.07) is 18.3. The highest BCUT2D eigenvalue weighted by atomic mass is 16.5. The number of hydrogen-bond donors (Lipinski definition) is 0. The number of ether oxygens (including phenoxy) is 1. The van der Waals surface area contributed by atoms with Crippen LogP contribution in [0.2, 0.25) is 0 Å². The minimum atomic E-state index is -0.229. The van der Waals surface area contributed by atoms with Gasteiger partial charge < -0.3 is 9.30 Å². The second kappa shape index (κ2) is 8.38. The van der Waals surface area contributed by atoms with E-state index in [1.165, 1.54) is 22.2 Å². The molecule has 152 valence electrons. The van der Waals surface area contributed by atoms with Gasteiger partial charge in [-0.3, -0.25) is 0 Å². The van der Waals surface area contributed by atoms with Crippen LogP contribution in [0.4, 0.5) is 0 Å². The van der Waals surface area contributed by atoms with E-state index in [1.54, 1.807) is 0 Å². The maximum atomic E-state index is 9.37. The molecule has 4 heteroatoms. The topological polar surface area (TPSA) is 42.3 Å². The molecule has 0 saturated heterocycles. The molecule has 1 aliphatic heterocycles. The first-order valence-electron chi connectivity index (χ1n) is 10.2. The summed E-state index contributed by atoms with van der Waals surface area (Å²) < 4.78 is 8.43. The first kappa shape index (κ1) is 20.3. The highest BCUT2D eigenvalue weighted by Crippen LogP contribution is 2.35. The number of hydrogen-bond acceptors (Lipinski definition) is 2. The Balaban J connectivity index is 1.70. The van der Waals surface area contributed by atoms with Crippen molar-refractivity contribution in [2.75, 3.05) is 0 Å². The lowest BCUT2D eigenvalue weighted by molar-refractivity contribution is 0.118. The van der Waals surface area contributed by atoms with Crippen molar-refractivity contribution < 1.29 is 4.74 Å². The molecule has 0 saturated carbocycles. The lowest BCUT2D eigenvalue weighted by Crippen LogP contribution is -2.10. The minimum absolute atomic E-state index is 0.118. The van der Waals surface area contributed by atoms with Gasteiger partial charge in [-0.05, 0) is 60.4 Å². The maximum absolute atomic E-state index is 9.37. The molecular formula is C27H23N3O. The van der Waals surface area contributed by atoms with Crippen molar-refractivity contribution in [1.82, 2.24) is 4.57 Å². The molecule has 1 aromatic heterocycles. The molecule has 3 aromatic rings. The Morgan fingerprint density at radius 1 is 1.19 bits per heavy atom. The number of nitriles is 1. The highest BCUT2D eigenvalue weighted by Gasteiger charge is 2.22. The van der Waals surface area contributed by atoms with Gasteiger partial charge in [0.15, 0.2) is 0 Å². The van der Waals surface area contributed by atoms with Crippen molar-refractivity contribution >= 4 is 17.0 Å². The Morgan fingerprint density at radius 3 is 2.68 bits per heavy atom. The van der Waals surface area contributed by atoms with E-state index in [1.807, 2.05) is 54.6 Å². The fraction of sp³-hybridized carbons (Fsp3) is 0.185. The van der Waals surface area contributed by atoms with Crippen LogP contribution in [0.5, 0.6) is 0 Å². The molecule has 31 heavy (non-hydrogen) atoms. The molecule has 0 spiro atoms. The molecule has 0 fully saturated rings. The number of aromatic nitrogens is 1. The van der Waals surface area contributed by atoms with Crippen LogP contribution in [0.25, 0.3) is 21.8 Å². The molecule has 0 bridgehead atoms. The van der Waals surface area contributed by atoms with Gasteiger partial charge in [-0.1, -0.05) is 42.5 Å². The molecule has 0 aliphatic carbocycles. The molecule has 4 nitrogen and oxygen atoms in total. The summed E-state index contributed by atoms with van der Waals surface area (Å²) in [7, 11) is 2.09. The molecule has 0 N–H and O–H groups in total. The minimum Gasteiger partial charge on any atom is -0.485 e. The summed E-state index contributed by atoms with van der Waals surface area (Å²) in [5.41, 5.74) is 6.69. The Kier molecular flexibility index (Phi) is 5.48. The monoisotopic (exact) mass is 405 g/mol. The first-order chi connectivity index (χ1) is 15.0. The summed E-state index contributed by atoms with van der Waals surface area (Å²) in [4.78, 5) is 3.41. The molecule has 1 aliphatic rings. The molecule has 2 aromatic carbocycles. The molecule has 1 atom stereocenters. The van der Waals surface area contributed by atoms with Crippen LogP contribution in [0.3, 0.4) is 0 Å². The second-order valence-electron chi connectivity index (χ2n) is 7.74. The molecule has 0 radical (unpaired) electrons. The van der Waals surface area contributed by atoms with Crippen LogP contribution in [0.15, 0.2) is 77.7 Å². The molecule has 1 unspecified atom stereocenters. The number of allylic oxidation sites excluding steroid dienone is 3. The van der Waals surface area contributed by atoms with Crippen molar-refractivity contribution in [3.8, 4) is 6.07 Å². The standard InChI is InChI=1S/C27H23N3O/c1-18-19(2)30(4)26-13-11-20(14-24(18)26)10-12-23-15-22(25(17-28)29-3)16-27(31-23)21-8-6-5-7-9-21/h5-15,27H,16H2,1-2,4H3/b12-10+,25-22+. The molecule has 0 amide bonds. The van der Waals surface area contributed by atoms with Crippen LogP contribution in [0.1, 0.15) is 34.9 Å². The van der Waals surface area contributed by atoms with Crippen LogP contribution < -0.4 is 0 Å². The predicted octanol–water partition coefficient (Wildman–Crippen LogP) is 6.55. The van der Waals surface area contributed by atoms with Crippen molar-refractivity contribution in [2.45, 2.75) is 26.4 Å². The third kappa shape index (κ3) is 3.89. The zero-order chi connectivity index (χ0) is 22.0. The van der Waals surface area contributed by atoms with E-state index in [4.69, 9.17) is 11.3 Å². The number of aryl methyl sites for hydroxylation is 2. The van der Waals surface area contributed by atoms with E-state index in [2.05, 4.69) is 48.5 Å². The third-order valence-electron chi connectivity index (χ3n) is 5.97. The van der Waals surface area contributed by atoms with Gasteiger partial charge in [-0.25, -0.2) is 10.1 Å². The highest BCUT2D eigenvalue weighted by molar-refractivity contribution is 5.87. The summed E-state index contributed by atoms with van der Waals surface area (Å²) in [5.74, 6) is 0.646. The summed E-state index contributed by atoms with van der Waals surface area (Å²) >= 11 is 0. The predicted molar refractivity (Wildman–Crippen MR) is 124 cm³/mol. The Labute approximate surface area is 182 Å². The Morgan fingerprint density at radius 2 is 1.97 bits per heavy atom. The quantitative estimate of drug-likeness (QED) is 0.366. The van der Waals surface area contributed by atoms with E-state index in [0.29, 0.717) is 17.8 Å². The number of nitrogens with zero attached hydrogens (tertiary/aromatic N) is 3. The van der Waals surface area contributed by atoms with Crippen LogP contribution in [-0.2, 0) is 11.8 Å². The maximum Gasteiger partial charge on any atom is 0.265 e. The van der Waals surface area contributed by atoms with E-state index in [9.17, 15) is 5.26 Å². The SMILES string of the molecule is [C-]#[N+]/C(C#N)=C1C=C(/C=C/c2ccc3c(c2)c(C)c(C)n3C)OC(c2ccccc2)C\1. The fourth-order valence-corrected chi connectivity index (χ4v) is 4.00. The van der Waals surface area contributed by atoms with E-state index >= 15 is 0 Å². The molecular weight excluding hydrogens is 382 g/mol. The van der Waals surface area contributed by atoms with Gasteiger partial charge in [-0.15, -0.1) is 0 Å². The fourth-order valence-electron chi connectivity index (χ4n) is 4.00. The van der Waals surface area contributed by atoms with E-state index < -0.39 is 0 Å². The third-order valence-corrected chi connectivity index (χ3v) is 5.97. The van der Waals surface area contributed by atoms with Crippen molar-refractivity contribution in [3.63, 3.8) is 0 Å². The molecule has 2 heterocycles. The van der Waals surface area contributed by atoms with E-state index in [-0.39, 0.29) is 11.8 Å². The van der Waals surface area contributed by atoms with Gasteiger partial charge in [-0.2, -0.15) is 0 Å². The number of fused-ring (bicyclic) bond motifs is 1. The smallest absolute Gasteiger partial charge is 0.265 e. The van der Waals surface area contributed by atoms with Gasteiger partial charge in [0.1, 0.15) is 11.9 Å². The number of rotatable bonds is 3.